The van der Waals surface area contributed by atoms with Gasteiger partial charge < -0.3 is 5.11 Å². The van der Waals surface area contributed by atoms with Crippen LogP contribution in [0, 0.1) is 5.92 Å². The Morgan fingerprint density at radius 1 is 1.20 bits per heavy atom. The van der Waals surface area contributed by atoms with Gasteiger partial charge in [0.2, 0.25) is 0 Å². The summed E-state index contributed by atoms with van der Waals surface area (Å²) in [4.78, 5) is 10.2. The summed E-state index contributed by atoms with van der Waals surface area (Å²) in [6.07, 6.45) is 4.01. The third-order valence-corrected chi connectivity index (χ3v) is 1.70. The van der Waals surface area contributed by atoms with Crippen LogP contribution in [0.15, 0.2) is 0 Å². The average molecular weight is 187 g/mol. The van der Waals surface area contributed by atoms with E-state index in [9.17, 15) is 4.79 Å². The molecule has 1 fully saturated rings. The number of halogens is 2. The number of carboxylic acid groups (broad SMARTS) is 1. The van der Waals surface area contributed by atoms with Crippen LogP contribution in [-0.4, -0.2) is 11.1 Å². The third-order valence-electron chi connectivity index (χ3n) is 1.70. The van der Waals surface area contributed by atoms with Crippen LogP contribution in [0.4, 0.5) is 0 Å². The summed E-state index contributed by atoms with van der Waals surface area (Å²) in [7, 11) is 0. The van der Waals surface area contributed by atoms with Gasteiger partial charge in [0, 0.05) is 0 Å². The first-order valence-electron chi connectivity index (χ1n) is 3.03. The Morgan fingerprint density at radius 3 is 1.80 bits per heavy atom. The van der Waals surface area contributed by atoms with Crippen LogP contribution < -0.4 is 0 Å². The lowest BCUT2D eigenvalue weighted by atomic mass is 10.1. The minimum absolute atomic E-state index is 0. The molecule has 1 aliphatic carbocycles. The molecule has 62 valence electrons. The second-order valence-corrected chi connectivity index (χ2v) is 2.32. The Balaban J connectivity index is 0. The van der Waals surface area contributed by atoms with Gasteiger partial charge in [-0.3, -0.25) is 4.79 Å². The molecule has 0 unspecified atom stereocenters. The van der Waals surface area contributed by atoms with Gasteiger partial charge in [0.15, 0.2) is 0 Å². The Hall–Kier alpha value is 0.0500. The van der Waals surface area contributed by atoms with Gasteiger partial charge >= 0.3 is 5.97 Å². The van der Waals surface area contributed by atoms with Crippen LogP contribution in [0.3, 0.4) is 0 Å². The van der Waals surface area contributed by atoms with E-state index in [-0.39, 0.29) is 30.7 Å². The summed E-state index contributed by atoms with van der Waals surface area (Å²) in [5.41, 5.74) is 0. The number of carboxylic acids is 1. The van der Waals surface area contributed by atoms with Gasteiger partial charge in [0.1, 0.15) is 0 Å². The molecular formula is C6H12Cl2O2. The van der Waals surface area contributed by atoms with Gasteiger partial charge in [-0.15, -0.1) is 24.8 Å². The maximum absolute atomic E-state index is 10.2. The lowest BCUT2D eigenvalue weighted by Crippen LogP contribution is -2.07. The minimum atomic E-state index is -0.609. The van der Waals surface area contributed by atoms with Gasteiger partial charge in [-0.2, -0.15) is 0 Å². The van der Waals surface area contributed by atoms with Crippen molar-refractivity contribution in [2.45, 2.75) is 25.7 Å². The second-order valence-electron chi connectivity index (χ2n) is 2.32. The first-order valence-corrected chi connectivity index (χ1v) is 3.03. The zero-order valence-corrected chi connectivity index (χ0v) is 7.21. The fourth-order valence-electron chi connectivity index (χ4n) is 1.17. The molecule has 0 aliphatic heterocycles. The lowest BCUT2D eigenvalue weighted by Gasteiger charge is -1.97. The van der Waals surface area contributed by atoms with Crippen molar-refractivity contribution in [2.24, 2.45) is 5.92 Å². The maximum atomic E-state index is 10.2. The van der Waals surface area contributed by atoms with Gasteiger partial charge in [-0.1, -0.05) is 12.8 Å². The van der Waals surface area contributed by atoms with Crippen molar-refractivity contribution in [1.29, 1.82) is 0 Å². The molecule has 1 rings (SSSR count). The van der Waals surface area contributed by atoms with Crippen LogP contribution >= 0.6 is 24.8 Å². The molecule has 0 bridgehead atoms. The quantitative estimate of drug-likeness (QED) is 0.682. The van der Waals surface area contributed by atoms with Crippen LogP contribution in [0.5, 0.6) is 0 Å². The summed E-state index contributed by atoms with van der Waals surface area (Å²) < 4.78 is 0. The van der Waals surface area contributed by atoms with Crippen molar-refractivity contribution in [2.75, 3.05) is 0 Å². The van der Waals surface area contributed by atoms with E-state index in [1.165, 1.54) is 0 Å². The van der Waals surface area contributed by atoms with Crippen LogP contribution in [0.2, 0.25) is 0 Å². The molecule has 4 heteroatoms. The molecule has 0 saturated heterocycles. The highest BCUT2D eigenvalue weighted by atomic mass is 35.5. The topological polar surface area (TPSA) is 37.3 Å². The monoisotopic (exact) mass is 186 g/mol. The molecule has 0 radical (unpaired) electrons. The van der Waals surface area contributed by atoms with Crippen LogP contribution in [0.25, 0.3) is 0 Å². The van der Waals surface area contributed by atoms with E-state index in [0.717, 1.165) is 25.7 Å². The summed E-state index contributed by atoms with van der Waals surface area (Å²) in [6, 6.07) is 0. The zero-order chi connectivity index (χ0) is 5.98. The predicted octanol–water partition coefficient (Wildman–Crippen LogP) is 2.10. The number of rotatable bonds is 1. The van der Waals surface area contributed by atoms with E-state index in [2.05, 4.69) is 0 Å². The van der Waals surface area contributed by atoms with Crippen molar-refractivity contribution >= 4 is 30.8 Å². The highest BCUT2D eigenvalue weighted by Crippen LogP contribution is 2.24. The standard InChI is InChI=1S/C6H10O2.2ClH/c7-6(8)5-3-1-2-4-5;;/h5H,1-4H2,(H,7,8);2*1H. The predicted molar refractivity (Wildman–Crippen MR) is 44.1 cm³/mol. The van der Waals surface area contributed by atoms with Crippen molar-refractivity contribution in [3.8, 4) is 0 Å². The van der Waals surface area contributed by atoms with Crippen molar-refractivity contribution in [3.63, 3.8) is 0 Å². The second kappa shape index (κ2) is 5.81. The molecular weight excluding hydrogens is 175 g/mol. The summed E-state index contributed by atoms with van der Waals surface area (Å²) in [6.45, 7) is 0. The molecule has 0 heterocycles. The molecule has 1 N–H and O–H groups in total. The lowest BCUT2D eigenvalue weighted by molar-refractivity contribution is -0.141. The van der Waals surface area contributed by atoms with Gasteiger partial charge in [-0.05, 0) is 12.8 Å². The van der Waals surface area contributed by atoms with Gasteiger partial charge in [-0.25, -0.2) is 0 Å². The number of carbonyl (C=O) groups is 1. The van der Waals surface area contributed by atoms with Crippen LogP contribution in [0.1, 0.15) is 25.7 Å². The van der Waals surface area contributed by atoms with E-state index in [1.54, 1.807) is 0 Å². The molecule has 0 aromatic carbocycles. The minimum Gasteiger partial charge on any atom is -0.481 e. The molecule has 0 aromatic rings. The van der Waals surface area contributed by atoms with Crippen molar-refractivity contribution in [3.05, 3.63) is 0 Å². The number of aliphatic carboxylic acids is 1. The van der Waals surface area contributed by atoms with E-state index in [1.807, 2.05) is 0 Å². The summed E-state index contributed by atoms with van der Waals surface area (Å²) in [5, 5.41) is 8.41. The maximum Gasteiger partial charge on any atom is 0.306 e. The molecule has 0 atom stereocenters. The summed E-state index contributed by atoms with van der Waals surface area (Å²) >= 11 is 0. The molecule has 1 aliphatic rings. The fourth-order valence-corrected chi connectivity index (χ4v) is 1.17. The fraction of sp³-hybridized carbons (Fsp3) is 0.833. The molecule has 10 heavy (non-hydrogen) atoms. The normalized spacial score (nSPS) is 17.2. The van der Waals surface area contributed by atoms with Gasteiger partial charge in [0.25, 0.3) is 0 Å². The third kappa shape index (κ3) is 3.28. The van der Waals surface area contributed by atoms with Crippen LogP contribution in [-0.2, 0) is 4.79 Å². The molecule has 0 aromatic heterocycles. The van der Waals surface area contributed by atoms with Crippen molar-refractivity contribution in [1.82, 2.24) is 0 Å². The first-order chi connectivity index (χ1) is 3.80. The number of hydrogen-bond donors (Lipinski definition) is 1. The highest BCUT2D eigenvalue weighted by molar-refractivity contribution is 5.85. The molecule has 0 spiro atoms. The molecule has 0 amide bonds. The van der Waals surface area contributed by atoms with E-state index in [0.29, 0.717) is 0 Å². The Morgan fingerprint density at radius 2 is 1.60 bits per heavy atom. The average Bonchev–Trinajstić information content (AvgIpc) is 2.12. The molecule has 1 saturated carbocycles. The van der Waals surface area contributed by atoms with Crippen molar-refractivity contribution < 1.29 is 9.90 Å². The first kappa shape index (κ1) is 12.7. The SMILES string of the molecule is Cl.Cl.O=C(O)C1CCCC1. The largest absolute Gasteiger partial charge is 0.481 e. The highest BCUT2D eigenvalue weighted by Gasteiger charge is 2.20. The Kier molecular flexibility index (Phi) is 7.38. The smallest absolute Gasteiger partial charge is 0.306 e. The zero-order valence-electron chi connectivity index (χ0n) is 5.58. The van der Waals surface area contributed by atoms with E-state index >= 15 is 0 Å². The number of hydrogen-bond acceptors (Lipinski definition) is 1. The van der Waals surface area contributed by atoms with Gasteiger partial charge in [0.05, 0.1) is 5.92 Å². The summed E-state index contributed by atoms with van der Waals surface area (Å²) in [5.74, 6) is -0.627. The molecule has 2 nitrogen and oxygen atoms in total. The van der Waals surface area contributed by atoms with E-state index < -0.39 is 5.97 Å². The Labute approximate surface area is 72.8 Å². The Bertz CT molecular complexity index is 99.9. The van der Waals surface area contributed by atoms with E-state index in [4.69, 9.17) is 5.11 Å².